The Hall–Kier alpha value is -3.76. The number of hydrogen-bond acceptors (Lipinski definition) is 3. The van der Waals surface area contributed by atoms with Crippen molar-refractivity contribution < 1.29 is 9.47 Å². The lowest BCUT2D eigenvalue weighted by Gasteiger charge is -2.20. The maximum Gasteiger partial charge on any atom is 0.205 e. The zero-order valence-electron chi connectivity index (χ0n) is 18.5. The molecule has 4 heteroatoms. The fourth-order valence-corrected chi connectivity index (χ4v) is 2.81. The number of ether oxygens (including phenoxy) is 2. The molecule has 0 bridgehead atoms. The normalized spacial score (nSPS) is 8.93. The zero-order chi connectivity index (χ0) is 22.5. The van der Waals surface area contributed by atoms with Crippen molar-refractivity contribution in [3.63, 3.8) is 0 Å². The van der Waals surface area contributed by atoms with Crippen LogP contribution in [-0.4, -0.2) is 7.05 Å². The van der Waals surface area contributed by atoms with E-state index < -0.39 is 0 Å². The molecule has 0 N–H and O–H groups in total. The van der Waals surface area contributed by atoms with Crippen molar-refractivity contribution in [2.45, 2.75) is 34.6 Å². The van der Waals surface area contributed by atoms with Crippen LogP contribution in [0.25, 0.3) is 4.85 Å². The van der Waals surface area contributed by atoms with E-state index in [1.54, 1.807) is 6.07 Å². The molecule has 0 saturated carbocycles. The summed E-state index contributed by atoms with van der Waals surface area (Å²) < 4.78 is 12.3. The number of para-hydroxylation sites is 2. The van der Waals surface area contributed by atoms with Gasteiger partial charge in [-0.1, -0.05) is 36.4 Å². The van der Waals surface area contributed by atoms with Gasteiger partial charge in [-0.3, -0.25) is 0 Å². The highest BCUT2D eigenvalue weighted by molar-refractivity contribution is 5.59. The molecule has 0 unspecified atom stereocenters. The Morgan fingerprint density at radius 1 is 0.700 bits per heavy atom. The third-order valence-corrected chi connectivity index (χ3v) is 4.41. The number of nitrogens with zero attached hydrogens (tertiary/aromatic N) is 2. The number of rotatable bonds is 4. The quantitative estimate of drug-likeness (QED) is 0.424. The van der Waals surface area contributed by atoms with Crippen molar-refractivity contribution in [3.05, 3.63) is 94.3 Å². The summed E-state index contributed by atoms with van der Waals surface area (Å²) in [7, 11) is 1.42. The van der Waals surface area contributed by atoms with E-state index in [0.717, 1.165) is 39.7 Å². The summed E-state index contributed by atoms with van der Waals surface area (Å²) in [6, 6.07) is 21.5. The van der Waals surface area contributed by atoms with Crippen LogP contribution in [0.4, 0.5) is 0 Å². The minimum Gasteiger partial charge on any atom is -0.457 e. The second-order valence-corrected chi connectivity index (χ2v) is 6.44. The zero-order valence-corrected chi connectivity index (χ0v) is 18.5. The molecule has 0 heterocycles. The second kappa shape index (κ2) is 12.6. The molecule has 0 aliphatic rings. The van der Waals surface area contributed by atoms with Gasteiger partial charge in [0.25, 0.3) is 0 Å². The number of benzene rings is 3. The first-order valence-electron chi connectivity index (χ1n) is 9.53. The average molecular weight is 401 g/mol. The van der Waals surface area contributed by atoms with Gasteiger partial charge < -0.3 is 14.3 Å². The predicted octanol–water partition coefficient (Wildman–Crippen LogP) is 7.57. The average Bonchev–Trinajstić information content (AvgIpc) is 2.75. The third kappa shape index (κ3) is 6.69. The fraction of sp³-hybridized carbons (Fsp3) is 0.231. The monoisotopic (exact) mass is 400 g/mol. The van der Waals surface area contributed by atoms with E-state index >= 15 is 0 Å². The fourth-order valence-electron chi connectivity index (χ4n) is 2.81. The molecule has 4 nitrogen and oxygen atoms in total. The SMILES string of the molecule is CC#N.Cc1c(C)c(Oc2ccccc2)c(C)c(Oc2ccccc2)c1C.[C-]#[N+]C. The molecule has 0 radical (unpaired) electrons. The van der Waals surface area contributed by atoms with Crippen molar-refractivity contribution in [3.8, 4) is 29.1 Å². The maximum absolute atomic E-state index is 7.32. The molecular weight excluding hydrogens is 372 g/mol. The van der Waals surface area contributed by atoms with Crippen molar-refractivity contribution in [1.29, 1.82) is 5.26 Å². The van der Waals surface area contributed by atoms with Gasteiger partial charge in [-0.25, -0.2) is 6.57 Å². The van der Waals surface area contributed by atoms with Crippen molar-refractivity contribution >= 4 is 0 Å². The molecule has 0 aliphatic heterocycles. The molecule has 0 spiro atoms. The van der Waals surface area contributed by atoms with E-state index in [9.17, 15) is 0 Å². The topological polar surface area (TPSA) is 46.6 Å². The molecule has 0 saturated heterocycles. The summed E-state index contributed by atoms with van der Waals surface area (Å²) in [6.45, 7) is 15.6. The van der Waals surface area contributed by atoms with Gasteiger partial charge in [-0.05, 0) is 68.7 Å². The minimum absolute atomic E-state index is 0.831. The summed E-state index contributed by atoms with van der Waals surface area (Å²) in [5, 5.41) is 7.32. The van der Waals surface area contributed by atoms with Gasteiger partial charge in [0, 0.05) is 12.5 Å². The Morgan fingerprint density at radius 3 is 1.30 bits per heavy atom. The molecule has 30 heavy (non-hydrogen) atoms. The largest absolute Gasteiger partial charge is 0.457 e. The maximum atomic E-state index is 7.32. The predicted molar refractivity (Wildman–Crippen MR) is 122 cm³/mol. The van der Waals surface area contributed by atoms with Crippen LogP contribution in [0.3, 0.4) is 0 Å². The first-order valence-corrected chi connectivity index (χ1v) is 9.53. The van der Waals surface area contributed by atoms with Crippen LogP contribution in [0, 0.1) is 45.6 Å². The van der Waals surface area contributed by atoms with E-state index in [-0.39, 0.29) is 0 Å². The Bertz CT molecular complexity index is 934. The molecule has 3 rings (SSSR count). The van der Waals surface area contributed by atoms with Gasteiger partial charge in [0.05, 0.1) is 6.07 Å². The van der Waals surface area contributed by atoms with E-state index in [1.165, 1.54) is 19.5 Å². The van der Waals surface area contributed by atoms with Crippen LogP contribution < -0.4 is 9.47 Å². The summed E-state index contributed by atoms with van der Waals surface area (Å²) in [5.41, 5.74) is 4.50. The van der Waals surface area contributed by atoms with Crippen LogP contribution in [-0.2, 0) is 0 Å². The van der Waals surface area contributed by atoms with Gasteiger partial charge >= 0.3 is 0 Å². The Balaban J connectivity index is 0.000000672. The lowest BCUT2D eigenvalue weighted by atomic mass is 9.98. The molecular formula is C26H28N2O2. The van der Waals surface area contributed by atoms with Gasteiger partial charge in [0.1, 0.15) is 23.0 Å². The molecule has 3 aromatic carbocycles. The highest BCUT2D eigenvalue weighted by atomic mass is 16.5. The van der Waals surface area contributed by atoms with Crippen molar-refractivity contribution in [2.75, 3.05) is 7.05 Å². The van der Waals surface area contributed by atoms with Gasteiger partial charge in [0.15, 0.2) is 0 Å². The molecule has 0 amide bonds. The van der Waals surface area contributed by atoms with E-state index in [4.69, 9.17) is 21.3 Å². The van der Waals surface area contributed by atoms with E-state index in [2.05, 4.69) is 32.5 Å². The summed E-state index contributed by atoms with van der Waals surface area (Å²) in [4.78, 5) is 2.75. The lowest BCUT2D eigenvalue weighted by Crippen LogP contribution is -2.00. The summed E-state index contributed by atoms with van der Waals surface area (Å²) in [6.07, 6.45) is 0. The van der Waals surface area contributed by atoms with Crippen LogP contribution >= 0.6 is 0 Å². The molecule has 3 aromatic rings. The van der Waals surface area contributed by atoms with Crippen LogP contribution in [0.5, 0.6) is 23.0 Å². The Kier molecular flexibility index (Phi) is 10.2. The molecule has 0 fully saturated rings. The van der Waals surface area contributed by atoms with E-state index in [0.29, 0.717) is 0 Å². The first kappa shape index (κ1) is 24.3. The first-order chi connectivity index (χ1) is 14.4. The second-order valence-electron chi connectivity index (χ2n) is 6.44. The minimum atomic E-state index is 0.831. The molecule has 0 atom stereocenters. The van der Waals surface area contributed by atoms with Crippen molar-refractivity contribution in [1.82, 2.24) is 0 Å². The third-order valence-electron chi connectivity index (χ3n) is 4.41. The highest BCUT2D eigenvalue weighted by Gasteiger charge is 2.18. The van der Waals surface area contributed by atoms with Gasteiger partial charge in [0.2, 0.25) is 7.05 Å². The Morgan fingerprint density at radius 2 is 1.00 bits per heavy atom. The Labute approximate surface area is 180 Å². The van der Waals surface area contributed by atoms with Crippen LogP contribution in [0.1, 0.15) is 29.2 Å². The molecule has 154 valence electrons. The number of hydrogen-bond donors (Lipinski definition) is 0. The highest BCUT2D eigenvalue weighted by Crippen LogP contribution is 2.41. The van der Waals surface area contributed by atoms with Crippen LogP contribution in [0.15, 0.2) is 60.7 Å². The lowest BCUT2D eigenvalue weighted by molar-refractivity contribution is 0.448. The number of nitriles is 1. The molecule has 0 aromatic heterocycles. The smallest absolute Gasteiger partial charge is 0.205 e. The van der Waals surface area contributed by atoms with Crippen molar-refractivity contribution in [2.24, 2.45) is 0 Å². The standard InChI is InChI=1S/C22H22O2.2C2H3N/c1-15-16(2)21(23-19-11-7-5-8-12-19)18(4)22(17(15)3)24-20-13-9-6-10-14-20;1-3-2;1-2-3/h5-14H,1-4H3;2*1H3. The molecule has 0 aliphatic carbocycles. The summed E-state index contributed by atoms with van der Waals surface area (Å²) in [5.74, 6) is 3.40. The van der Waals surface area contributed by atoms with E-state index in [1.807, 2.05) is 60.7 Å². The van der Waals surface area contributed by atoms with Gasteiger partial charge in [-0.2, -0.15) is 5.26 Å². The van der Waals surface area contributed by atoms with Gasteiger partial charge in [-0.15, -0.1) is 0 Å². The summed E-state index contributed by atoms with van der Waals surface area (Å²) >= 11 is 0. The van der Waals surface area contributed by atoms with Crippen LogP contribution in [0.2, 0.25) is 0 Å².